The zero-order valence-corrected chi connectivity index (χ0v) is 23.4. The number of ether oxygens (including phenoxy) is 2. The Hall–Kier alpha value is -3.82. The number of carbonyl (C=O) groups excluding carboxylic acids is 1. The van der Waals surface area contributed by atoms with E-state index in [0.717, 1.165) is 35.2 Å². The van der Waals surface area contributed by atoms with E-state index >= 15 is 0 Å². The molecule has 0 spiro atoms. The molecule has 0 saturated carbocycles. The van der Waals surface area contributed by atoms with E-state index in [4.69, 9.17) is 14.5 Å². The highest BCUT2D eigenvalue weighted by atomic mass is 79.9. The fourth-order valence-electron chi connectivity index (χ4n) is 5.18. The molecule has 1 aromatic heterocycles. The summed E-state index contributed by atoms with van der Waals surface area (Å²) in [7, 11) is 1.48. The van der Waals surface area contributed by atoms with Gasteiger partial charge in [-0.25, -0.2) is 9.38 Å². The monoisotopic (exact) mass is 604 g/mol. The van der Waals surface area contributed by atoms with E-state index in [9.17, 15) is 14.0 Å². The second-order valence-corrected chi connectivity index (χ2v) is 11.2. The van der Waals surface area contributed by atoms with Crippen LogP contribution in [0.1, 0.15) is 41.6 Å². The van der Waals surface area contributed by atoms with Crippen molar-refractivity contribution in [3.05, 3.63) is 118 Å². The third-order valence-corrected chi connectivity index (χ3v) is 8.43. The average molecular weight is 605 g/mol. The molecule has 0 unspecified atom stereocenters. The lowest BCUT2D eigenvalue weighted by Gasteiger charge is -2.30. The predicted molar refractivity (Wildman–Crippen MR) is 151 cm³/mol. The van der Waals surface area contributed by atoms with Crippen LogP contribution in [0, 0.1) is 5.82 Å². The van der Waals surface area contributed by atoms with Crippen LogP contribution < -0.4 is 24.4 Å². The summed E-state index contributed by atoms with van der Waals surface area (Å²) in [5.74, 6) is -0.173. The number of carbonyl (C=O) groups is 1. The Labute approximate surface area is 235 Å². The summed E-state index contributed by atoms with van der Waals surface area (Å²) in [6.45, 7) is 1.32. The first kappa shape index (κ1) is 25.5. The van der Waals surface area contributed by atoms with Gasteiger partial charge in [-0.3, -0.25) is 14.2 Å². The van der Waals surface area contributed by atoms with E-state index in [1.165, 1.54) is 43.1 Å². The minimum atomic E-state index is -0.471. The molecule has 0 fully saturated rings. The number of aryl methyl sites for hydroxylation is 1. The first-order valence-corrected chi connectivity index (χ1v) is 13.9. The predicted octanol–water partition coefficient (Wildman–Crippen LogP) is 5.15. The van der Waals surface area contributed by atoms with Gasteiger partial charge in [0.1, 0.15) is 5.82 Å². The van der Waals surface area contributed by atoms with Gasteiger partial charge in [0.25, 0.3) is 5.56 Å². The smallest absolute Gasteiger partial charge is 0.308 e. The highest BCUT2D eigenvalue weighted by Crippen LogP contribution is 2.41. The maximum absolute atomic E-state index is 13.9. The molecule has 39 heavy (non-hydrogen) atoms. The molecular weight excluding hydrogens is 583 g/mol. The highest BCUT2D eigenvalue weighted by molar-refractivity contribution is 9.10. The zero-order chi connectivity index (χ0) is 27.3. The van der Waals surface area contributed by atoms with Crippen molar-refractivity contribution in [1.29, 1.82) is 0 Å². The van der Waals surface area contributed by atoms with Crippen LogP contribution in [-0.2, 0) is 11.2 Å². The van der Waals surface area contributed by atoms with Crippen molar-refractivity contribution < 1.29 is 18.7 Å². The largest absolute Gasteiger partial charge is 0.493 e. The Kier molecular flexibility index (Phi) is 6.56. The topological polar surface area (TPSA) is 69.9 Å². The van der Waals surface area contributed by atoms with Gasteiger partial charge >= 0.3 is 5.97 Å². The number of halogens is 2. The summed E-state index contributed by atoms with van der Waals surface area (Å²) in [5.41, 5.74) is 5.56. The lowest BCUT2D eigenvalue weighted by atomic mass is 9.83. The van der Waals surface area contributed by atoms with Gasteiger partial charge in [-0.05, 0) is 81.4 Å². The maximum Gasteiger partial charge on any atom is 0.308 e. The molecule has 1 aliphatic heterocycles. The van der Waals surface area contributed by atoms with Gasteiger partial charge in [0.2, 0.25) is 0 Å². The fraction of sp³-hybridized carbons (Fsp3) is 0.167. The number of allylic oxidation sites excluding steroid dienone is 1. The molecule has 9 heteroatoms. The Morgan fingerprint density at radius 1 is 1.15 bits per heavy atom. The average Bonchev–Trinajstić information content (AvgIpc) is 3.23. The number of thiazole rings is 1. The van der Waals surface area contributed by atoms with Gasteiger partial charge in [-0.15, -0.1) is 0 Å². The Morgan fingerprint density at radius 3 is 2.67 bits per heavy atom. The molecule has 6 rings (SSSR count). The van der Waals surface area contributed by atoms with Crippen molar-refractivity contribution in [2.24, 2.45) is 4.99 Å². The van der Waals surface area contributed by atoms with Gasteiger partial charge in [-0.1, -0.05) is 47.7 Å². The van der Waals surface area contributed by atoms with Crippen LogP contribution in [0.5, 0.6) is 11.5 Å². The normalized spacial score (nSPS) is 16.2. The van der Waals surface area contributed by atoms with Gasteiger partial charge in [0, 0.05) is 12.5 Å². The van der Waals surface area contributed by atoms with Crippen molar-refractivity contribution in [3.8, 4) is 11.5 Å². The fourth-order valence-corrected chi connectivity index (χ4v) is 6.73. The third-order valence-electron chi connectivity index (χ3n) is 6.85. The van der Waals surface area contributed by atoms with Gasteiger partial charge in [0.15, 0.2) is 16.3 Å². The van der Waals surface area contributed by atoms with E-state index < -0.39 is 5.97 Å². The first-order valence-electron chi connectivity index (χ1n) is 12.3. The molecule has 2 aliphatic rings. The standard InChI is InChI=1S/C30H22BrFN2O4S/c1-16(35)38-28-23(31)13-17(14-24(28)37-2)15-25-29(36)34-27(19-7-10-20(32)11-8-19)22-12-9-18-5-3-4-6-21(18)26(22)33-30(34)39-25/h3-8,10-11,13-15,27H,9,12H2,1-2H3/b25-15+/t27-/m1/s1. The van der Waals surface area contributed by atoms with E-state index in [0.29, 0.717) is 25.1 Å². The van der Waals surface area contributed by atoms with Crippen LogP contribution in [-0.4, -0.2) is 17.6 Å². The zero-order valence-electron chi connectivity index (χ0n) is 21.0. The van der Waals surface area contributed by atoms with Gasteiger partial charge in [-0.2, -0.15) is 0 Å². The number of esters is 1. The van der Waals surface area contributed by atoms with E-state index in [1.54, 1.807) is 34.9 Å². The Morgan fingerprint density at radius 2 is 1.92 bits per heavy atom. The Bertz CT molecular complexity index is 1860. The summed E-state index contributed by atoms with van der Waals surface area (Å²) in [4.78, 5) is 31.0. The van der Waals surface area contributed by atoms with Crippen LogP contribution in [0.2, 0.25) is 0 Å². The summed E-state index contributed by atoms with van der Waals surface area (Å²) in [5, 5.41) is 0. The number of methoxy groups -OCH3 is 1. The quantitative estimate of drug-likeness (QED) is 0.238. The SMILES string of the molecule is COc1cc(/C=c2/sc3n(c2=O)[C@H](c2ccc(F)cc2)C2=C(N=3)c3ccccc3CC2)cc(Br)c1OC(C)=O. The van der Waals surface area contributed by atoms with Gasteiger partial charge < -0.3 is 9.47 Å². The summed E-state index contributed by atoms with van der Waals surface area (Å²) in [6.07, 6.45) is 3.37. The van der Waals surface area contributed by atoms with Crippen molar-refractivity contribution in [2.45, 2.75) is 25.8 Å². The lowest BCUT2D eigenvalue weighted by Crippen LogP contribution is -2.38. The second kappa shape index (κ2) is 10.1. The third kappa shape index (κ3) is 4.55. The van der Waals surface area contributed by atoms with Crippen LogP contribution in [0.15, 0.2) is 80.5 Å². The molecule has 2 heterocycles. The molecule has 6 nitrogen and oxygen atoms in total. The summed E-state index contributed by atoms with van der Waals surface area (Å²) < 4.78 is 27.3. The Balaban J connectivity index is 1.56. The maximum atomic E-state index is 13.9. The minimum Gasteiger partial charge on any atom is -0.493 e. The molecule has 1 aliphatic carbocycles. The van der Waals surface area contributed by atoms with Crippen LogP contribution >= 0.6 is 27.3 Å². The molecule has 0 radical (unpaired) electrons. The van der Waals surface area contributed by atoms with Gasteiger partial charge in [0.05, 0.1) is 27.9 Å². The molecule has 0 amide bonds. The number of nitrogens with zero attached hydrogens (tertiary/aromatic N) is 2. The molecular formula is C30H22BrFN2O4S. The second-order valence-electron chi connectivity index (χ2n) is 9.29. The number of rotatable bonds is 4. The first-order chi connectivity index (χ1) is 18.8. The molecule has 0 bridgehead atoms. The molecule has 4 aromatic rings. The minimum absolute atomic E-state index is 0.183. The molecule has 0 N–H and O–H groups in total. The molecule has 1 atom stereocenters. The van der Waals surface area contributed by atoms with Crippen LogP contribution in [0.3, 0.4) is 0 Å². The number of hydrogen-bond acceptors (Lipinski definition) is 6. The summed E-state index contributed by atoms with van der Waals surface area (Å²) >= 11 is 4.75. The van der Waals surface area contributed by atoms with Crippen LogP contribution in [0.4, 0.5) is 4.39 Å². The number of benzene rings is 3. The lowest BCUT2D eigenvalue weighted by molar-refractivity contribution is -0.132. The highest BCUT2D eigenvalue weighted by Gasteiger charge is 2.32. The van der Waals surface area contributed by atoms with Crippen molar-refractivity contribution >= 4 is 45.0 Å². The van der Waals surface area contributed by atoms with Crippen molar-refractivity contribution in [3.63, 3.8) is 0 Å². The number of aromatic nitrogens is 1. The molecule has 196 valence electrons. The van der Waals surface area contributed by atoms with E-state index in [1.807, 2.05) is 12.1 Å². The van der Waals surface area contributed by atoms with Crippen LogP contribution in [0.25, 0.3) is 11.8 Å². The molecule has 3 aromatic carbocycles. The van der Waals surface area contributed by atoms with E-state index in [2.05, 4.69) is 28.1 Å². The molecule has 0 saturated heterocycles. The van der Waals surface area contributed by atoms with Crippen molar-refractivity contribution in [2.75, 3.05) is 7.11 Å². The summed E-state index contributed by atoms with van der Waals surface area (Å²) in [6, 6.07) is 17.6. The van der Waals surface area contributed by atoms with E-state index in [-0.39, 0.29) is 23.2 Å². The number of hydrogen-bond donors (Lipinski definition) is 0. The van der Waals surface area contributed by atoms with Crippen molar-refractivity contribution in [1.82, 2.24) is 4.57 Å². The number of fused-ring (bicyclic) bond motifs is 3.